The predicted octanol–water partition coefficient (Wildman–Crippen LogP) is 2.61. The molecular formula is C19H26N2O5S. The van der Waals surface area contributed by atoms with Crippen molar-refractivity contribution in [1.29, 1.82) is 0 Å². The Morgan fingerprint density at radius 3 is 2.63 bits per heavy atom. The summed E-state index contributed by atoms with van der Waals surface area (Å²) in [7, 11) is -3.54. The first kappa shape index (κ1) is 21.0. The van der Waals surface area contributed by atoms with Crippen LogP contribution in [-0.4, -0.2) is 39.2 Å². The lowest BCUT2D eigenvalue weighted by Gasteiger charge is -2.16. The van der Waals surface area contributed by atoms with E-state index in [1.807, 2.05) is 0 Å². The average Bonchev–Trinajstić information content (AvgIpc) is 2.61. The van der Waals surface area contributed by atoms with Crippen molar-refractivity contribution in [2.75, 3.05) is 17.5 Å². The summed E-state index contributed by atoms with van der Waals surface area (Å²) in [5.74, 6) is -1.15. The quantitative estimate of drug-likeness (QED) is 0.521. The van der Waals surface area contributed by atoms with Gasteiger partial charge in [0.2, 0.25) is 10.0 Å². The summed E-state index contributed by atoms with van der Waals surface area (Å²) in [6.45, 7) is 1.98. The van der Waals surface area contributed by atoms with Crippen molar-refractivity contribution in [3.8, 4) is 0 Å². The minimum atomic E-state index is -3.54. The van der Waals surface area contributed by atoms with Crippen molar-refractivity contribution in [2.45, 2.75) is 45.1 Å². The van der Waals surface area contributed by atoms with Crippen LogP contribution in [0.4, 0.5) is 5.69 Å². The lowest BCUT2D eigenvalue weighted by Crippen LogP contribution is -2.36. The minimum Gasteiger partial charge on any atom is -0.449 e. The lowest BCUT2D eigenvalue weighted by atomic mass is 9.97. The molecule has 1 aliphatic rings. The molecule has 2 N–H and O–H groups in total. The van der Waals surface area contributed by atoms with Crippen LogP contribution in [0.15, 0.2) is 35.9 Å². The molecule has 1 amide bonds. The Kier molecular flexibility index (Phi) is 7.41. The van der Waals surface area contributed by atoms with E-state index in [0.29, 0.717) is 6.54 Å². The first-order valence-electron chi connectivity index (χ1n) is 8.99. The zero-order chi connectivity index (χ0) is 19.9. The number of hydrogen-bond acceptors (Lipinski definition) is 5. The van der Waals surface area contributed by atoms with Gasteiger partial charge in [-0.25, -0.2) is 13.2 Å². The number of para-hydroxylation sites is 1. The second-order valence-electron chi connectivity index (χ2n) is 6.62. The molecule has 1 aromatic carbocycles. The van der Waals surface area contributed by atoms with Crippen LogP contribution in [0.1, 0.15) is 49.4 Å². The average molecular weight is 394 g/mol. The van der Waals surface area contributed by atoms with Crippen molar-refractivity contribution < 1.29 is 22.7 Å². The van der Waals surface area contributed by atoms with E-state index < -0.39 is 22.1 Å². The van der Waals surface area contributed by atoms with Gasteiger partial charge in [0.15, 0.2) is 6.10 Å². The summed E-state index contributed by atoms with van der Waals surface area (Å²) < 4.78 is 30.3. The molecule has 0 spiro atoms. The second-order valence-corrected chi connectivity index (χ2v) is 8.36. The number of carbonyl (C=O) groups excluding carboxylic acids is 2. The fourth-order valence-corrected chi connectivity index (χ4v) is 3.43. The molecule has 1 atom stereocenters. The Labute approximate surface area is 160 Å². The van der Waals surface area contributed by atoms with Crippen LogP contribution < -0.4 is 10.0 Å². The Morgan fingerprint density at radius 1 is 1.22 bits per heavy atom. The zero-order valence-corrected chi connectivity index (χ0v) is 16.5. The molecule has 27 heavy (non-hydrogen) atoms. The van der Waals surface area contributed by atoms with Crippen LogP contribution >= 0.6 is 0 Å². The largest absolute Gasteiger partial charge is 0.449 e. The molecule has 0 fully saturated rings. The summed E-state index contributed by atoms with van der Waals surface area (Å²) >= 11 is 0. The third kappa shape index (κ3) is 7.05. The van der Waals surface area contributed by atoms with Gasteiger partial charge in [-0.15, -0.1) is 0 Å². The van der Waals surface area contributed by atoms with E-state index in [1.165, 1.54) is 37.5 Å². The number of allylic oxidation sites excluding steroid dienone is 1. The number of esters is 1. The molecule has 1 unspecified atom stereocenters. The topological polar surface area (TPSA) is 102 Å². The number of hydrogen-bond donors (Lipinski definition) is 2. The number of amides is 1. The molecule has 8 heteroatoms. The fourth-order valence-electron chi connectivity index (χ4n) is 2.85. The van der Waals surface area contributed by atoms with Gasteiger partial charge in [0.05, 0.1) is 17.5 Å². The number of nitrogens with one attached hydrogen (secondary N) is 2. The molecule has 0 saturated heterocycles. The van der Waals surface area contributed by atoms with Gasteiger partial charge >= 0.3 is 5.97 Å². The highest BCUT2D eigenvalue weighted by molar-refractivity contribution is 7.92. The van der Waals surface area contributed by atoms with E-state index >= 15 is 0 Å². The molecular weight excluding hydrogens is 368 g/mol. The molecule has 7 nitrogen and oxygen atoms in total. The van der Waals surface area contributed by atoms with Crippen LogP contribution in [0.2, 0.25) is 0 Å². The SMILES string of the molecule is CC(OC(=O)c1ccccc1NS(C)(=O)=O)C(=O)NCCC1=CCCCC1. The predicted molar refractivity (Wildman–Crippen MR) is 104 cm³/mol. The van der Waals surface area contributed by atoms with Crippen molar-refractivity contribution in [3.05, 3.63) is 41.5 Å². The van der Waals surface area contributed by atoms with E-state index in [2.05, 4.69) is 16.1 Å². The van der Waals surface area contributed by atoms with E-state index in [-0.39, 0.29) is 17.2 Å². The monoisotopic (exact) mass is 394 g/mol. The van der Waals surface area contributed by atoms with Crippen molar-refractivity contribution >= 4 is 27.6 Å². The van der Waals surface area contributed by atoms with Gasteiger partial charge in [-0.2, -0.15) is 0 Å². The summed E-state index contributed by atoms with van der Waals surface area (Å²) in [6.07, 6.45) is 7.62. The maximum absolute atomic E-state index is 12.3. The van der Waals surface area contributed by atoms with Crippen molar-refractivity contribution in [2.24, 2.45) is 0 Å². The van der Waals surface area contributed by atoms with Crippen LogP contribution in [0, 0.1) is 0 Å². The van der Waals surface area contributed by atoms with Crippen molar-refractivity contribution in [3.63, 3.8) is 0 Å². The van der Waals surface area contributed by atoms with Crippen LogP contribution in [0.5, 0.6) is 0 Å². The molecule has 0 heterocycles. The normalized spacial score (nSPS) is 15.4. The van der Waals surface area contributed by atoms with Gasteiger partial charge in [0.25, 0.3) is 5.91 Å². The summed E-state index contributed by atoms with van der Waals surface area (Å²) in [5.41, 5.74) is 1.52. The zero-order valence-electron chi connectivity index (χ0n) is 15.7. The Morgan fingerprint density at radius 2 is 1.96 bits per heavy atom. The number of rotatable bonds is 8. The molecule has 2 rings (SSSR count). The van der Waals surface area contributed by atoms with Gasteiger partial charge in [0.1, 0.15) is 0 Å². The first-order valence-corrected chi connectivity index (χ1v) is 10.9. The van der Waals surface area contributed by atoms with Crippen LogP contribution in [-0.2, 0) is 19.6 Å². The van der Waals surface area contributed by atoms with Crippen LogP contribution in [0.3, 0.4) is 0 Å². The highest BCUT2D eigenvalue weighted by Crippen LogP contribution is 2.20. The summed E-state index contributed by atoms with van der Waals surface area (Å²) in [5, 5.41) is 2.77. The highest BCUT2D eigenvalue weighted by Gasteiger charge is 2.21. The number of benzene rings is 1. The molecule has 0 radical (unpaired) electrons. The third-order valence-corrected chi connectivity index (χ3v) is 4.82. The van der Waals surface area contributed by atoms with E-state index in [4.69, 9.17) is 4.74 Å². The summed E-state index contributed by atoms with van der Waals surface area (Å²) in [4.78, 5) is 24.5. The number of carbonyl (C=O) groups is 2. The standard InChI is InChI=1S/C19H26N2O5S/c1-14(18(22)20-13-12-15-8-4-3-5-9-15)26-19(23)16-10-6-7-11-17(16)21-27(2,24)25/h6-8,10-11,14,21H,3-5,9,12-13H2,1-2H3,(H,20,22). The van der Waals surface area contributed by atoms with E-state index in [9.17, 15) is 18.0 Å². The smallest absolute Gasteiger partial charge is 0.341 e. The van der Waals surface area contributed by atoms with Crippen molar-refractivity contribution in [1.82, 2.24) is 5.32 Å². The van der Waals surface area contributed by atoms with Gasteiger partial charge in [-0.05, 0) is 51.2 Å². The van der Waals surface area contributed by atoms with E-state index in [1.54, 1.807) is 12.1 Å². The van der Waals surface area contributed by atoms with E-state index in [0.717, 1.165) is 25.5 Å². The van der Waals surface area contributed by atoms with Crippen LogP contribution in [0.25, 0.3) is 0 Å². The summed E-state index contributed by atoms with van der Waals surface area (Å²) in [6, 6.07) is 6.09. The lowest BCUT2D eigenvalue weighted by molar-refractivity contribution is -0.129. The van der Waals surface area contributed by atoms with Gasteiger partial charge in [-0.1, -0.05) is 23.8 Å². The molecule has 1 aromatic rings. The van der Waals surface area contributed by atoms with Gasteiger partial charge in [-0.3, -0.25) is 9.52 Å². The number of anilines is 1. The first-order chi connectivity index (χ1) is 12.8. The second kappa shape index (κ2) is 9.55. The van der Waals surface area contributed by atoms with Gasteiger partial charge < -0.3 is 10.1 Å². The number of ether oxygens (including phenoxy) is 1. The third-order valence-electron chi connectivity index (χ3n) is 4.23. The minimum absolute atomic E-state index is 0.0509. The molecule has 148 valence electrons. The number of sulfonamides is 1. The fraction of sp³-hybridized carbons (Fsp3) is 0.474. The molecule has 0 aliphatic heterocycles. The highest BCUT2D eigenvalue weighted by atomic mass is 32.2. The maximum atomic E-state index is 12.3. The Hall–Kier alpha value is -2.35. The molecule has 1 aliphatic carbocycles. The molecule has 0 saturated carbocycles. The molecule has 0 bridgehead atoms. The Balaban J connectivity index is 1.89. The van der Waals surface area contributed by atoms with Gasteiger partial charge in [0, 0.05) is 6.54 Å². The maximum Gasteiger partial charge on any atom is 0.341 e. The Bertz CT molecular complexity index is 817. The molecule has 0 aromatic heterocycles.